The third-order valence-electron chi connectivity index (χ3n) is 1.36. The maximum Gasteiger partial charge on any atom is 0.130 e. The number of hydrogen-bond donors (Lipinski definition) is 1. The van der Waals surface area contributed by atoms with E-state index in [1.54, 1.807) is 18.2 Å². The van der Waals surface area contributed by atoms with Gasteiger partial charge in [0.25, 0.3) is 0 Å². The first-order chi connectivity index (χ1) is 5.75. The number of phenolic OH excluding ortho intramolecular Hbond substituents is 1. The van der Waals surface area contributed by atoms with Crippen LogP contribution in [0.1, 0.15) is 5.56 Å². The molecule has 0 unspecified atom stereocenters. The standard InChI is InChI=1S/C7H6BrN3O/c8-7-5(4-10-11-9)2-1-3-6(7)12/h1-3,12H,4H2. The van der Waals surface area contributed by atoms with E-state index in [-0.39, 0.29) is 12.3 Å². The van der Waals surface area contributed by atoms with E-state index >= 15 is 0 Å². The first-order valence-corrected chi connectivity index (χ1v) is 4.02. The SMILES string of the molecule is [N-]=[N+]=NCc1cccc(O)c1Br. The average Bonchev–Trinajstić information content (AvgIpc) is 2.08. The summed E-state index contributed by atoms with van der Waals surface area (Å²) in [6.45, 7) is 0.242. The smallest absolute Gasteiger partial charge is 0.130 e. The normalized spacial score (nSPS) is 9.08. The van der Waals surface area contributed by atoms with Crippen LogP contribution in [0.4, 0.5) is 0 Å². The number of halogens is 1. The van der Waals surface area contributed by atoms with E-state index in [2.05, 4.69) is 26.0 Å². The second-order valence-electron chi connectivity index (χ2n) is 2.14. The van der Waals surface area contributed by atoms with Crippen LogP contribution in [-0.4, -0.2) is 5.11 Å². The van der Waals surface area contributed by atoms with Gasteiger partial charge in [0.05, 0.1) is 11.0 Å². The van der Waals surface area contributed by atoms with Crippen molar-refractivity contribution in [2.45, 2.75) is 6.54 Å². The highest BCUT2D eigenvalue weighted by Crippen LogP contribution is 2.27. The molecule has 0 aliphatic carbocycles. The van der Waals surface area contributed by atoms with E-state index in [1.165, 1.54) is 0 Å². The van der Waals surface area contributed by atoms with Crippen LogP contribution in [0.25, 0.3) is 10.4 Å². The zero-order valence-electron chi connectivity index (χ0n) is 6.11. The molecule has 0 saturated heterocycles. The molecule has 1 rings (SSSR count). The van der Waals surface area contributed by atoms with Crippen LogP contribution in [-0.2, 0) is 6.54 Å². The second kappa shape index (κ2) is 3.99. The summed E-state index contributed by atoms with van der Waals surface area (Å²) in [7, 11) is 0. The average molecular weight is 228 g/mol. The van der Waals surface area contributed by atoms with Gasteiger partial charge < -0.3 is 5.11 Å². The van der Waals surface area contributed by atoms with Gasteiger partial charge in [-0.2, -0.15) is 0 Å². The van der Waals surface area contributed by atoms with Gasteiger partial charge >= 0.3 is 0 Å². The molecule has 1 N–H and O–H groups in total. The summed E-state index contributed by atoms with van der Waals surface area (Å²) in [4.78, 5) is 2.62. The minimum atomic E-state index is 0.153. The zero-order valence-corrected chi connectivity index (χ0v) is 7.69. The maximum atomic E-state index is 9.22. The molecule has 5 heteroatoms. The highest BCUT2D eigenvalue weighted by molar-refractivity contribution is 9.10. The van der Waals surface area contributed by atoms with Crippen molar-refractivity contribution in [3.63, 3.8) is 0 Å². The summed E-state index contributed by atoms with van der Waals surface area (Å²) < 4.78 is 0.581. The van der Waals surface area contributed by atoms with E-state index in [9.17, 15) is 5.11 Å². The van der Waals surface area contributed by atoms with Crippen LogP contribution < -0.4 is 0 Å². The third-order valence-corrected chi connectivity index (χ3v) is 2.28. The fraction of sp³-hybridized carbons (Fsp3) is 0.143. The lowest BCUT2D eigenvalue weighted by Crippen LogP contribution is -1.82. The van der Waals surface area contributed by atoms with Crippen LogP contribution in [0.2, 0.25) is 0 Å². The molecule has 12 heavy (non-hydrogen) atoms. The molecule has 0 aliphatic rings. The Morgan fingerprint density at radius 1 is 1.58 bits per heavy atom. The van der Waals surface area contributed by atoms with Gasteiger partial charge in [-0.1, -0.05) is 17.2 Å². The number of nitrogens with zero attached hydrogens (tertiary/aromatic N) is 3. The quantitative estimate of drug-likeness (QED) is 0.471. The van der Waals surface area contributed by atoms with E-state index in [0.717, 1.165) is 5.56 Å². The Morgan fingerprint density at radius 2 is 2.33 bits per heavy atom. The van der Waals surface area contributed by atoms with Crippen LogP contribution in [0.3, 0.4) is 0 Å². The summed E-state index contributed by atoms with van der Waals surface area (Å²) in [5, 5.41) is 12.6. The van der Waals surface area contributed by atoms with Crippen molar-refractivity contribution in [2.75, 3.05) is 0 Å². The third kappa shape index (κ3) is 1.90. The minimum Gasteiger partial charge on any atom is -0.507 e. The Balaban J connectivity index is 2.99. The van der Waals surface area contributed by atoms with Crippen molar-refractivity contribution < 1.29 is 5.11 Å². The van der Waals surface area contributed by atoms with Crippen LogP contribution >= 0.6 is 15.9 Å². The summed E-state index contributed by atoms with van der Waals surface area (Å²) in [5.74, 6) is 0.153. The molecule has 0 radical (unpaired) electrons. The molecule has 0 spiro atoms. The highest BCUT2D eigenvalue weighted by atomic mass is 79.9. The Labute approximate surface area is 77.6 Å². The van der Waals surface area contributed by atoms with Gasteiger partial charge in [0.2, 0.25) is 0 Å². The molecular weight excluding hydrogens is 222 g/mol. The number of phenols is 1. The second-order valence-corrected chi connectivity index (χ2v) is 2.93. The van der Waals surface area contributed by atoms with E-state index in [1.807, 2.05) is 0 Å². The molecule has 0 bridgehead atoms. The molecule has 1 aromatic carbocycles. The topological polar surface area (TPSA) is 69.0 Å². The van der Waals surface area contributed by atoms with Crippen LogP contribution in [0, 0.1) is 0 Å². The Morgan fingerprint density at radius 3 is 3.00 bits per heavy atom. The molecule has 0 atom stereocenters. The lowest BCUT2D eigenvalue weighted by molar-refractivity contribution is 0.471. The maximum absolute atomic E-state index is 9.22. The fourth-order valence-corrected chi connectivity index (χ4v) is 1.19. The van der Waals surface area contributed by atoms with Crippen LogP contribution in [0.5, 0.6) is 5.75 Å². The van der Waals surface area contributed by atoms with Crippen molar-refractivity contribution in [3.8, 4) is 5.75 Å². The molecular formula is C7H6BrN3O. The largest absolute Gasteiger partial charge is 0.507 e. The van der Waals surface area contributed by atoms with E-state index in [0.29, 0.717) is 4.47 Å². The van der Waals surface area contributed by atoms with Crippen molar-refractivity contribution >= 4 is 15.9 Å². The molecule has 1 aromatic rings. The summed E-state index contributed by atoms with van der Waals surface area (Å²) in [6.07, 6.45) is 0. The minimum absolute atomic E-state index is 0.153. The summed E-state index contributed by atoms with van der Waals surface area (Å²) in [6, 6.07) is 5.03. The Hall–Kier alpha value is -1.19. The van der Waals surface area contributed by atoms with E-state index in [4.69, 9.17) is 5.53 Å². The number of rotatable bonds is 2. The van der Waals surface area contributed by atoms with Gasteiger partial charge in [-0.25, -0.2) is 0 Å². The van der Waals surface area contributed by atoms with Gasteiger partial charge in [-0.15, -0.1) is 0 Å². The first-order valence-electron chi connectivity index (χ1n) is 3.23. The molecule has 0 aromatic heterocycles. The monoisotopic (exact) mass is 227 g/mol. The Kier molecular flexibility index (Phi) is 2.96. The van der Waals surface area contributed by atoms with Gasteiger partial charge in [-0.3, -0.25) is 0 Å². The van der Waals surface area contributed by atoms with Gasteiger partial charge in [0, 0.05) is 4.91 Å². The molecule has 62 valence electrons. The predicted octanol–water partition coefficient (Wildman–Crippen LogP) is 2.97. The molecule has 4 nitrogen and oxygen atoms in total. The van der Waals surface area contributed by atoms with Crippen molar-refractivity contribution in [3.05, 3.63) is 38.7 Å². The van der Waals surface area contributed by atoms with Crippen LogP contribution in [0.15, 0.2) is 27.8 Å². The lowest BCUT2D eigenvalue weighted by atomic mass is 10.2. The zero-order chi connectivity index (χ0) is 8.97. The molecule has 0 saturated carbocycles. The molecule has 0 aliphatic heterocycles. The molecule has 0 amide bonds. The lowest BCUT2D eigenvalue weighted by Gasteiger charge is -2.01. The molecule has 0 fully saturated rings. The number of azide groups is 1. The summed E-state index contributed by atoms with van der Waals surface area (Å²) in [5.41, 5.74) is 8.84. The predicted molar refractivity (Wildman–Crippen MR) is 48.7 cm³/mol. The fourth-order valence-electron chi connectivity index (χ4n) is 0.796. The number of benzene rings is 1. The van der Waals surface area contributed by atoms with Crippen molar-refractivity contribution in [2.24, 2.45) is 5.11 Å². The van der Waals surface area contributed by atoms with E-state index < -0.39 is 0 Å². The number of hydrogen-bond acceptors (Lipinski definition) is 2. The van der Waals surface area contributed by atoms with Crippen molar-refractivity contribution in [1.29, 1.82) is 0 Å². The highest BCUT2D eigenvalue weighted by Gasteiger charge is 2.01. The summed E-state index contributed by atoms with van der Waals surface area (Å²) >= 11 is 3.18. The van der Waals surface area contributed by atoms with Gasteiger partial charge in [0.1, 0.15) is 5.75 Å². The Bertz CT molecular complexity index is 333. The van der Waals surface area contributed by atoms with Gasteiger partial charge in [-0.05, 0) is 33.1 Å². The van der Waals surface area contributed by atoms with Gasteiger partial charge in [0.15, 0.2) is 0 Å². The molecule has 0 heterocycles. The van der Waals surface area contributed by atoms with Crippen molar-refractivity contribution in [1.82, 2.24) is 0 Å². The first kappa shape index (κ1) is 8.90. The number of aromatic hydroxyl groups is 1.